The standard InChI is InChI=1S/C23H25N3O6S/c1-14-11-16(27)20(29)21(31-14)23(7-9-33-10-8-23)12-18(28)24-13-19-25-22(26-32-19)15-5-3-4-6-17(15)30-2/h3-6,11,29H,7-10,12-13H2,1-2H3,(H,24,28). The van der Waals surface area contributed by atoms with Crippen LogP contribution in [0.25, 0.3) is 11.4 Å². The minimum absolute atomic E-state index is 0.0512. The van der Waals surface area contributed by atoms with Crippen molar-refractivity contribution in [1.29, 1.82) is 0 Å². The molecule has 1 aliphatic rings. The van der Waals surface area contributed by atoms with Crippen LogP contribution in [0.15, 0.2) is 44.1 Å². The number of hydrogen-bond acceptors (Lipinski definition) is 9. The summed E-state index contributed by atoms with van der Waals surface area (Å²) in [6.45, 7) is 1.71. The van der Waals surface area contributed by atoms with Gasteiger partial charge in [0.25, 0.3) is 0 Å². The average molecular weight is 472 g/mol. The SMILES string of the molecule is COc1ccccc1-c1noc(CNC(=O)CC2(c3oc(C)cc(=O)c3O)CCSCC2)n1. The number of aromatic nitrogens is 2. The fourth-order valence-corrected chi connectivity index (χ4v) is 5.29. The minimum Gasteiger partial charge on any atom is -0.502 e. The van der Waals surface area contributed by atoms with Gasteiger partial charge < -0.3 is 24.1 Å². The molecule has 3 aromatic rings. The molecule has 33 heavy (non-hydrogen) atoms. The van der Waals surface area contributed by atoms with E-state index in [1.807, 2.05) is 18.2 Å². The van der Waals surface area contributed by atoms with Crippen molar-refractivity contribution in [2.45, 2.75) is 38.1 Å². The van der Waals surface area contributed by atoms with Crippen LogP contribution in [0.5, 0.6) is 11.5 Å². The van der Waals surface area contributed by atoms with E-state index in [4.69, 9.17) is 13.7 Å². The summed E-state index contributed by atoms with van der Waals surface area (Å²) in [5.74, 6) is 2.75. The van der Waals surface area contributed by atoms with Crippen LogP contribution in [0.3, 0.4) is 0 Å². The summed E-state index contributed by atoms with van der Waals surface area (Å²) in [5, 5.41) is 17.2. The molecular formula is C23H25N3O6S. The number of nitrogens with one attached hydrogen (secondary N) is 1. The molecule has 0 atom stereocenters. The Balaban J connectivity index is 1.48. The second-order valence-electron chi connectivity index (χ2n) is 7.96. The van der Waals surface area contributed by atoms with Gasteiger partial charge in [-0.25, -0.2) is 0 Å². The molecule has 4 rings (SSSR count). The second kappa shape index (κ2) is 9.70. The van der Waals surface area contributed by atoms with Crippen molar-refractivity contribution in [3.63, 3.8) is 0 Å². The van der Waals surface area contributed by atoms with Crippen molar-refractivity contribution < 1.29 is 23.6 Å². The molecule has 0 saturated carbocycles. The molecule has 1 saturated heterocycles. The van der Waals surface area contributed by atoms with Gasteiger partial charge in [-0.3, -0.25) is 9.59 Å². The van der Waals surface area contributed by atoms with Crippen molar-refractivity contribution in [3.8, 4) is 22.9 Å². The Morgan fingerprint density at radius 3 is 2.82 bits per heavy atom. The Bertz CT molecular complexity index is 1200. The fraction of sp³-hybridized carbons (Fsp3) is 0.391. The summed E-state index contributed by atoms with van der Waals surface area (Å²) in [4.78, 5) is 29.4. The Morgan fingerprint density at radius 2 is 2.06 bits per heavy atom. The molecule has 0 spiro atoms. The van der Waals surface area contributed by atoms with Crippen molar-refractivity contribution in [3.05, 3.63) is 58.0 Å². The number of methoxy groups -OCH3 is 1. The number of carbonyl (C=O) groups excluding carboxylic acids is 1. The van der Waals surface area contributed by atoms with E-state index in [0.29, 0.717) is 35.7 Å². The Kier molecular flexibility index (Phi) is 6.73. The molecule has 1 fully saturated rings. The van der Waals surface area contributed by atoms with E-state index in [9.17, 15) is 14.7 Å². The maximum Gasteiger partial charge on any atom is 0.246 e. The van der Waals surface area contributed by atoms with Gasteiger partial charge in [-0.05, 0) is 43.4 Å². The van der Waals surface area contributed by atoms with Gasteiger partial charge in [0.2, 0.25) is 28.8 Å². The third-order valence-electron chi connectivity index (χ3n) is 5.73. The fourth-order valence-electron chi connectivity index (χ4n) is 4.02. The number of carbonyl (C=O) groups is 1. The van der Waals surface area contributed by atoms with Crippen LogP contribution >= 0.6 is 11.8 Å². The van der Waals surface area contributed by atoms with E-state index in [1.165, 1.54) is 6.07 Å². The monoisotopic (exact) mass is 471 g/mol. The highest BCUT2D eigenvalue weighted by Gasteiger charge is 2.41. The topological polar surface area (TPSA) is 128 Å². The number of hydrogen-bond donors (Lipinski definition) is 2. The number of aryl methyl sites for hydroxylation is 1. The first kappa shape index (κ1) is 22.9. The molecule has 0 radical (unpaired) electrons. The van der Waals surface area contributed by atoms with Crippen LogP contribution in [0.1, 0.15) is 36.7 Å². The van der Waals surface area contributed by atoms with Gasteiger partial charge in [0.15, 0.2) is 5.76 Å². The lowest BCUT2D eigenvalue weighted by molar-refractivity contribution is -0.123. The van der Waals surface area contributed by atoms with E-state index in [1.54, 1.807) is 31.9 Å². The number of amides is 1. The summed E-state index contributed by atoms with van der Waals surface area (Å²) in [6, 6.07) is 8.56. The van der Waals surface area contributed by atoms with Crippen molar-refractivity contribution in [2.24, 2.45) is 0 Å². The average Bonchev–Trinajstić information content (AvgIpc) is 3.29. The molecule has 2 aromatic heterocycles. The lowest BCUT2D eigenvalue weighted by Crippen LogP contribution is -2.38. The number of benzene rings is 1. The Labute approximate surface area is 194 Å². The summed E-state index contributed by atoms with van der Waals surface area (Å²) in [5.41, 5.74) is -0.562. The third kappa shape index (κ3) is 4.90. The summed E-state index contributed by atoms with van der Waals surface area (Å²) in [6.07, 6.45) is 1.30. The van der Waals surface area contributed by atoms with E-state index < -0.39 is 16.6 Å². The number of nitrogens with zero attached hydrogens (tertiary/aromatic N) is 2. The van der Waals surface area contributed by atoms with Gasteiger partial charge in [0, 0.05) is 17.9 Å². The van der Waals surface area contributed by atoms with Crippen molar-refractivity contribution >= 4 is 17.7 Å². The van der Waals surface area contributed by atoms with Gasteiger partial charge in [-0.2, -0.15) is 16.7 Å². The first-order valence-electron chi connectivity index (χ1n) is 10.6. The Hall–Kier alpha value is -3.27. The lowest BCUT2D eigenvalue weighted by atomic mass is 9.75. The predicted octanol–water partition coefficient (Wildman–Crippen LogP) is 3.18. The lowest BCUT2D eigenvalue weighted by Gasteiger charge is -2.35. The van der Waals surface area contributed by atoms with Gasteiger partial charge in [-0.1, -0.05) is 17.3 Å². The van der Waals surface area contributed by atoms with E-state index in [0.717, 1.165) is 11.5 Å². The van der Waals surface area contributed by atoms with Crippen LogP contribution in [0, 0.1) is 6.92 Å². The molecule has 9 nitrogen and oxygen atoms in total. The van der Waals surface area contributed by atoms with E-state index in [-0.39, 0.29) is 30.5 Å². The maximum atomic E-state index is 12.9. The highest BCUT2D eigenvalue weighted by Crippen LogP contribution is 2.44. The molecule has 174 valence electrons. The largest absolute Gasteiger partial charge is 0.502 e. The molecule has 1 aromatic carbocycles. The van der Waals surface area contributed by atoms with Gasteiger partial charge in [0.05, 0.1) is 19.2 Å². The molecule has 1 amide bonds. The smallest absolute Gasteiger partial charge is 0.246 e. The number of rotatable bonds is 7. The molecular weight excluding hydrogens is 446 g/mol. The summed E-state index contributed by atoms with van der Waals surface area (Å²) in [7, 11) is 1.56. The van der Waals surface area contributed by atoms with Crippen molar-refractivity contribution in [1.82, 2.24) is 15.5 Å². The van der Waals surface area contributed by atoms with Crippen LogP contribution in [-0.2, 0) is 16.8 Å². The minimum atomic E-state index is -0.748. The van der Waals surface area contributed by atoms with E-state index >= 15 is 0 Å². The third-order valence-corrected chi connectivity index (χ3v) is 6.71. The maximum absolute atomic E-state index is 12.9. The van der Waals surface area contributed by atoms with E-state index in [2.05, 4.69) is 15.5 Å². The van der Waals surface area contributed by atoms with Crippen LogP contribution in [-0.4, -0.2) is 39.8 Å². The summed E-state index contributed by atoms with van der Waals surface area (Å²) >= 11 is 1.77. The molecule has 3 heterocycles. The second-order valence-corrected chi connectivity index (χ2v) is 9.18. The normalized spacial score (nSPS) is 15.2. The zero-order valence-electron chi connectivity index (χ0n) is 18.4. The van der Waals surface area contributed by atoms with Crippen LogP contribution in [0.2, 0.25) is 0 Å². The van der Waals surface area contributed by atoms with Gasteiger partial charge >= 0.3 is 0 Å². The molecule has 1 aliphatic heterocycles. The molecule has 2 N–H and O–H groups in total. The van der Waals surface area contributed by atoms with Gasteiger partial charge in [-0.15, -0.1) is 0 Å². The zero-order chi connectivity index (χ0) is 23.4. The van der Waals surface area contributed by atoms with Gasteiger partial charge in [0.1, 0.15) is 11.5 Å². The molecule has 10 heteroatoms. The predicted molar refractivity (Wildman–Crippen MR) is 122 cm³/mol. The quantitative estimate of drug-likeness (QED) is 0.534. The highest BCUT2D eigenvalue weighted by molar-refractivity contribution is 7.99. The molecule has 0 bridgehead atoms. The molecule has 0 aliphatic carbocycles. The number of ether oxygens (including phenoxy) is 1. The number of aromatic hydroxyl groups is 1. The Morgan fingerprint density at radius 1 is 1.30 bits per heavy atom. The van der Waals surface area contributed by atoms with Crippen LogP contribution in [0.4, 0.5) is 0 Å². The summed E-state index contributed by atoms with van der Waals surface area (Å²) < 4.78 is 16.4. The first-order chi connectivity index (χ1) is 15.9. The van der Waals surface area contributed by atoms with Crippen molar-refractivity contribution in [2.75, 3.05) is 18.6 Å². The van der Waals surface area contributed by atoms with Crippen LogP contribution < -0.4 is 15.5 Å². The number of thioether (sulfide) groups is 1. The number of para-hydroxylation sites is 1. The molecule has 0 unspecified atom stereocenters. The first-order valence-corrected chi connectivity index (χ1v) is 11.7. The highest BCUT2D eigenvalue weighted by atomic mass is 32.2. The zero-order valence-corrected chi connectivity index (χ0v) is 19.2.